The highest BCUT2D eigenvalue weighted by atomic mass is 15.2. The predicted molar refractivity (Wildman–Crippen MR) is 95.2 cm³/mol. The molecule has 1 aliphatic carbocycles. The molecule has 2 atom stereocenters. The van der Waals surface area contributed by atoms with Gasteiger partial charge in [-0.15, -0.1) is 0 Å². The van der Waals surface area contributed by atoms with Gasteiger partial charge in [-0.3, -0.25) is 0 Å². The molecule has 2 unspecified atom stereocenters. The van der Waals surface area contributed by atoms with Gasteiger partial charge in [0.25, 0.3) is 0 Å². The molecule has 22 heavy (non-hydrogen) atoms. The molecule has 1 saturated carbocycles. The molecule has 0 aromatic heterocycles. The SMILES string of the molecule is CC(C)N1CCCC(CC(C)N2CC3CCC(CC3)C2)CC1. The van der Waals surface area contributed by atoms with Gasteiger partial charge in [-0.1, -0.05) is 0 Å². The van der Waals surface area contributed by atoms with Crippen molar-refractivity contribution in [1.29, 1.82) is 0 Å². The standard InChI is InChI=1S/C20H38N2/c1-16(2)21-11-4-5-18(10-12-21)13-17(3)22-14-19-6-7-20(15-22)9-8-19/h16-20H,4-15H2,1-3H3. The van der Waals surface area contributed by atoms with E-state index in [-0.39, 0.29) is 0 Å². The maximum absolute atomic E-state index is 2.88. The van der Waals surface area contributed by atoms with Gasteiger partial charge in [-0.05, 0) is 103 Å². The van der Waals surface area contributed by atoms with Crippen LogP contribution < -0.4 is 0 Å². The Morgan fingerprint density at radius 3 is 2.00 bits per heavy atom. The average molecular weight is 307 g/mol. The zero-order valence-corrected chi connectivity index (χ0v) is 15.3. The zero-order valence-electron chi connectivity index (χ0n) is 15.3. The van der Waals surface area contributed by atoms with Crippen molar-refractivity contribution < 1.29 is 0 Å². The molecule has 3 aliphatic heterocycles. The maximum atomic E-state index is 2.88. The Bertz CT molecular complexity index is 319. The van der Waals surface area contributed by atoms with Crippen LogP contribution in [-0.4, -0.2) is 48.1 Å². The smallest absolute Gasteiger partial charge is 0.00698 e. The molecule has 3 heterocycles. The first kappa shape index (κ1) is 16.8. The van der Waals surface area contributed by atoms with Crippen molar-refractivity contribution in [3.8, 4) is 0 Å². The molecule has 3 saturated heterocycles. The third kappa shape index (κ3) is 4.26. The molecular formula is C20H38N2. The number of rotatable bonds is 4. The van der Waals surface area contributed by atoms with Crippen LogP contribution in [-0.2, 0) is 0 Å². The van der Waals surface area contributed by atoms with E-state index in [1.54, 1.807) is 0 Å². The van der Waals surface area contributed by atoms with Gasteiger partial charge < -0.3 is 9.80 Å². The van der Waals surface area contributed by atoms with Crippen LogP contribution in [0.25, 0.3) is 0 Å². The molecule has 0 aromatic carbocycles. The Labute approximate surface area is 138 Å². The second-order valence-electron chi connectivity index (χ2n) is 8.85. The lowest BCUT2D eigenvalue weighted by Crippen LogP contribution is -2.38. The predicted octanol–water partition coefficient (Wildman–Crippen LogP) is 4.40. The Balaban J connectivity index is 1.50. The Morgan fingerprint density at radius 2 is 1.41 bits per heavy atom. The van der Waals surface area contributed by atoms with Gasteiger partial charge in [0.2, 0.25) is 0 Å². The van der Waals surface area contributed by atoms with Crippen LogP contribution in [0.15, 0.2) is 0 Å². The second kappa shape index (κ2) is 7.66. The van der Waals surface area contributed by atoms with Crippen LogP contribution in [0.4, 0.5) is 0 Å². The summed E-state index contributed by atoms with van der Waals surface area (Å²) < 4.78 is 0. The molecule has 0 aromatic rings. The minimum atomic E-state index is 0.734. The number of likely N-dealkylation sites (tertiary alicyclic amines) is 1. The number of nitrogens with zero attached hydrogens (tertiary/aromatic N) is 2. The number of hydrogen-bond donors (Lipinski definition) is 0. The number of fused-ring (bicyclic) bond motifs is 4. The van der Waals surface area contributed by atoms with E-state index < -0.39 is 0 Å². The quantitative estimate of drug-likeness (QED) is 0.759. The van der Waals surface area contributed by atoms with Crippen LogP contribution in [0.5, 0.6) is 0 Å². The van der Waals surface area contributed by atoms with E-state index in [1.807, 2.05) is 0 Å². The van der Waals surface area contributed by atoms with E-state index in [9.17, 15) is 0 Å². The topological polar surface area (TPSA) is 6.48 Å². The summed E-state index contributed by atoms with van der Waals surface area (Å²) in [6.07, 6.45) is 11.8. The Hall–Kier alpha value is -0.0800. The van der Waals surface area contributed by atoms with Crippen molar-refractivity contribution in [3.05, 3.63) is 0 Å². The first-order valence-corrected chi connectivity index (χ1v) is 10.1. The lowest BCUT2D eigenvalue weighted by atomic mass is 9.84. The summed E-state index contributed by atoms with van der Waals surface area (Å²) in [5.74, 6) is 3.01. The van der Waals surface area contributed by atoms with Crippen molar-refractivity contribution in [1.82, 2.24) is 9.80 Å². The lowest BCUT2D eigenvalue weighted by molar-refractivity contribution is 0.160. The van der Waals surface area contributed by atoms with E-state index in [0.29, 0.717) is 0 Å². The second-order valence-corrected chi connectivity index (χ2v) is 8.85. The largest absolute Gasteiger partial charge is 0.301 e. The van der Waals surface area contributed by atoms with E-state index in [2.05, 4.69) is 30.6 Å². The summed E-state index contributed by atoms with van der Waals surface area (Å²) in [6, 6.07) is 1.55. The van der Waals surface area contributed by atoms with Gasteiger partial charge in [0.1, 0.15) is 0 Å². The van der Waals surface area contributed by atoms with E-state index in [4.69, 9.17) is 0 Å². The summed E-state index contributed by atoms with van der Waals surface area (Å²) in [7, 11) is 0. The third-order valence-corrected chi connectivity index (χ3v) is 6.86. The summed E-state index contributed by atoms with van der Waals surface area (Å²) in [6.45, 7) is 12.7. The van der Waals surface area contributed by atoms with Crippen LogP contribution in [0.3, 0.4) is 0 Å². The van der Waals surface area contributed by atoms with Crippen molar-refractivity contribution in [2.45, 2.75) is 84.2 Å². The fraction of sp³-hybridized carbons (Fsp3) is 1.00. The summed E-state index contributed by atoms with van der Waals surface area (Å²) in [4.78, 5) is 5.57. The van der Waals surface area contributed by atoms with Crippen LogP contribution in [0.1, 0.15) is 72.1 Å². The molecule has 2 bridgehead atoms. The van der Waals surface area contributed by atoms with Crippen molar-refractivity contribution >= 4 is 0 Å². The van der Waals surface area contributed by atoms with E-state index in [1.165, 1.54) is 77.5 Å². The third-order valence-electron chi connectivity index (χ3n) is 6.86. The summed E-state index contributed by atoms with van der Waals surface area (Å²) >= 11 is 0. The monoisotopic (exact) mass is 306 g/mol. The zero-order chi connectivity index (χ0) is 15.5. The minimum absolute atomic E-state index is 0.734. The average Bonchev–Trinajstić information content (AvgIpc) is 2.93. The maximum Gasteiger partial charge on any atom is 0.00698 e. The van der Waals surface area contributed by atoms with E-state index >= 15 is 0 Å². The molecule has 4 fully saturated rings. The van der Waals surface area contributed by atoms with Crippen LogP contribution in [0, 0.1) is 17.8 Å². The van der Waals surface area contributed by atoms with Gasteiger partial charge in [0.15, 0.2) is 0 Å². The van der Waals surface area contributed by atoms with E-state index in [0.717, 1.165) is 29.8 Å². The van der Waals surface area contributed by atoms with Gasteiger partial charge in [-0.25, -0.2) is 0 Å². The molecule has 2 nitrogen and oxygen atoms in total. The molecule has 4 aliphatic rings. The normalized spacial score (nSPS) is 36.3. The molecule has 0 spiro atoms. The van der Waals surface area contributed by atoms with Gasteiger partial charge in [-0.2, -0.15) is 0 Å². The fourth-order valence-corrected chi connectivity index (χ4v) is 5.27. The number of hydrogen-bond acceptors (Lipinski definition) is 2. The van der Waals surface area contributed by atoms with Gasteiger partial charge in [0, 0.05) is 25.2 Å². The molecule has 4 rings (SSSR count). The molecule has 0 amide bonds. The molecule has 0 N–H and O–H groups in total. The fourth-order valence-electron chi connectivity index (χ4n) is 5.27. The molecule has 128 valence electrons. The van der Waals surface area contributed by atoms with Gasteiger partial charge in [0.05, 0.1) is 0 Å². The Kier molecular flexibility index (Phi) is 5.84. The Morgan fingerprint density at radius 1 is 0.773 bits per heavy atom. The van der Waals surface area contributed by atoms with Crippen LogP contribution in [0.2, 0.25) is 0 Å². The van der Waals surface area contributed by atoms with Crippen molar-refractivity contribution in [2.75, 3.05) is 26.2 Å². The highest BCUT2D eigenvalue weighted by Gasteiger charge is 2.32. The van der Waals surface area contributed by atoms with Crippen molar-refractivity contribution in [3.63, 3.8) is 0 Å². The highest BCUT2D eigenvalue weighted by molar-refractivity contribution is 4.86. The first-order chi connectivity index (χ1) is 10.6. The minimum Gasteiger partial charge on any atom is -0.301 e. The molecule has 0 radical (unpaired) electrons. The highest BCUT2D eigenvalue weighted by Crippen LogP contribution is 2.35. The molecular weight excluding hydrogens is 268 g/mol. The lowest BCUT2D eigenvalue weighted by Gasteiger charge is -2.32. The van der Waals surface area contributed by atoms with Crippen molar-refractivity contribution in [2.24, 2.45) is 17.8 Å². The summed E-state index contributed by atoms with van der Waals surface area (Å²) in [5.41, 5.74) is 0. The summed E-state index contributed by atoms with van der Waals surface area (Å²) in [5, 5.41) is 0. The first-order valence-electron chi connectivity index (χ1n) is 10.1. The van der Waals surface area contributed by atoms with Gasteiger partial charge >= 0.3 is 0 Å². The van der Waals surface area contributed by atoms with Crippen LogP contribution >= 0.6 is 0 Å². The molecule has 2 heteroatoms.